The van der Waals surface area contributed by atoms with Crippen LogP contribution in [-0.2, 0) is 6.42 Å². The van der Waals surface area contributed by atoms with Crippen LogP contribution in [0.4, 0.5) is 0 Å². The molecule has 1 aromatic heterocycles. The second-order valence-corrected chi connectivity index (χ2v) is 5.60. The van der Waals surface area contributed by atoms with Crippen LogP contribution in [0.5, 0.6) is 5.75 Å². The maximum Gasteiger partial charge on any atom is 0.120 e. The Morgan fingerprint density at radius 3 is 2.76 bits per heavy atom. The molecule has 0 radical (unpaired) electrons. The van der Waals surface area contributed by atoms with Gasteiger partial charge in [-0.25, -0.2) is 0 Å². The van der Waals surface area contributed by atoms with E-state index >= 15 is 0 Å². The maximum atomic E-state index is 5.25. The second kappa shape index (κ2) is 6.06. The van der Waals surface area contributed by atoms with Gasteiger partial charge < -0.3 is 4.74 Å². The molecule has 92 valence electrons. The summed E-state index contributed by atoms with van der Waals surface area (Å²) in [5.74, 6) is 0.955. The molecule has 2 aromatic rings. The molecule has 17 heavy (non-hydrogen) atoms. The van der Waals surface area contributed by atoms with E-state index in [1.165, 1.54) is 47.1 Å². The van der Waals surface area contributed by atoms with E-state index in [-0.39, 0.29) is 0 Å². The predicted octanol–water partition coefficient (Wildman–Crippen LogP) is 5.03. The van der Waals surface area contributed by atoms with Crippen molar-refractivity contribution >= 4 is 21.4 Å². The Bertz CT molecular complexity index is 473. The first-order valence-electron chi connectivity index (χ1n) is 6.40. The number of fused-ring (bicyclic) bond motifs is 1. The third kappa shape index (κ3) is 3.22. The molecule has 0 N–H and O–H groups in total. The highest BCUT2D eigenvalue weighted by Gasteiger charge is 2.03. The number of unbranched alkanes of at least 4 members (excludes halogenated alkanes) is 3. The van der Waals surface area contributed by atoms with Crippen molar-refractivity contribution in [1.82, 2.24) is 0 Å². The Morgan fingerprint density at radius 1 is 1.12 bits per heavy atom. The van der Waals surface area contributed by atoms with Gasteiger partial charge in [0.1, 0.15) is 5.75 Å². The molecule has 1 aromatic carbocycles. The summed E-state index contributed by atoms with van der Waals surface area (Å²) in [5, 5.41) is 1.35. The minimum atomic E-state index is 0.955. The fourth-order valence-electron chi connectivity index (χ4n) is 2.04. The van der Waals surface area contributed by atoms with Gasteiger partial charge in [0.15, 0.2) is 0 Å². The summed E-state index contributed by atoms with van der Waals surface area (Å²) in [6.45, 7) is 2.26. The molecule has 2 rings (SSSR count). The van der Waals surface area contributed by atoms with Crippen LogP contribution in [0.1, 0.15) is 37.5 Å². The van der Waals surface area contributed by atoms with Crippen molar-refractivity contribution in [2.75, 3.05) is 7.11 Å². The fraction of sp³-hybridized carbons (Fsp3) is 0.467. The van der Waals surface area contributed by atoms with E-state index < -0.39 is 0 Å². The lowest BCUT2D eigenvalue weighted by Crippen LogP contribution is -1.80. The first kappa shape index (κ1) is 12.4. The van der Waals surface area contributed by atoms with Crippen LogP contribution in [0.2, 0.25) is 0 Å². The highest BCUT2D eigenvalue weighted by Crippen LogP contribution is 2.30. The van der Waals surface area contributed by atoms with Crippen LogP contribution in [-0.4, -0.2) is 7.11 Å². The molecular weight excluding hydrogens is 228 g/mol. The first-order chi connectivity index (χ1) is 8.33. The molecule has 0 bridgehead atoms. The minimum absolute atomic E-state index is 0.955. The lowest BCUT2D eigenvalue weighted by molar-refractivity contribution is 0.415. The average Bonchev–Trinajstić information content (AvgIpc) is 2.76. The molecule has 0 saturated heterocycles. The van der Waals surface area contributed by atoms with E-state index in [1.54, 1.807) is 7.11 Å². The van der Waals surface area contributed by atoms with Crippen molar-refractivity contribution in [2.45, 2.75) is 39.0 Å². The SMILES string of the molecule is CCCCCCc1cc2ccc(OC)cc2s1. The summed E-state index contributed by atoms with van der Waals surface area (Å²) in [5.41, 5.74) is 0. The summed E-state index contributed by atoms with van der Waals surface area (Å²) in [6.07, 6.45) is 6.57. The molecule has 0 amide bonds. The van der Waals surface area contributed by atoms with E-state index in [2.05, 4.69) is 25.1 Å². The van der Waals surface area contributed by atoms with Gasteiger partial charge in [-0.3, -0.25) is 0 Å². The number of aryl methyl sites for hydroxylation is 1. The van der Waals surface area contributed by atoms with Crippen molar-refractivity contribution < 1.29 is 4.74 Å². The van der Waals surface area contributed by atoms with Crippen LogP contribution in [0.15, 0.2) is 24.3 Å². The monoisotopic (exact) mass is 248 g/mol. The molecular formula is C15H20OS. The Balaban J connectivity index is 2.04. The Kier molecular flexibility index (Phi) is 4.43. The summed E-state index contributed by atoms with van der Waals surface area (Å²) in [4.78, 5) is 1.50. The zero-order valence-corrected chi connectivity index (χ0v) is 11.5. The molecule has 0 aliphatic rings. The normalized spacial score (nSPS) is 10.9. The van der Waals surface area contributed by atoms with Crippen LogP contribution < -0.4 is 4.74 Å². The highest BCUT2D eigenvalue weighted by atomic mass is 32.1. The van der Waals surface area contributed by atoms with Crippen LogP contribution in [0.3, 0.4) is 0 Å². The maximum absolute atomic E-state index is 5.25. The van der Waals surface area contributed by atoms with E-state index in [0.717, 1.165) is 5.75 Å². The van der Waals surface area contributed by atoms with Crippen LogP contribution in [0, 0.1) is 0 Å². The third-order valence-corrected chi connectivity index (χ3v) is 4.21. The Morgan fingerprint density at radius 2 is 2.00 bits per heavy atom. The summed E-state index contributed by atoms with van der Waals surface area (Å²) < 4.78 is 6.59. The average molecular weight is 248 g/mol. The zero-order chi connectivity index (χ0) is 12.1. The van der Waals surface area contributed by atoms with Gasteiger partial charge in [0.05, 0.1) is 7.11 Å². The van der Waals surface area contributed by atoms with Gasteiger partial charge in [-0.2, -0.15) is 0 Å². The molecule has 2 heteroatoms. The van der Waals surface area contributed by atoms with Gasteiger partial charge in [0.25, 0.3) is 0 Å². The summed E-state index contributed by atoms with van der Waals surface area (Å²) in [7, 11) is 1.72. The van der Waals surface area contributed by atoms with E-state index in [9.17, 15) is 0 Å². The number of benzene rings is 1. The molecule has 1 nitrogen and oxygen atoms in total. The van der Waals surface area contributed by atoms with Gasteiger partial charge in [-0.15, -0.1) is 11.3 Å². The largest absolute Gasteiger partial charge is 0.497 e. The van der Waals surface area contributed by atoms with Crippen LogP contribution in [0.25, 0.3) is 10.1 Å². The van der Waals surface area contributed by atoms with Crippen molar-refractivity contribution in [3.63, 3.8) is 0 Å². The Hall–Kier alpha value is -1.02. The van der Waals surface area contributed by atoms with Crippen LogP contribution >= 0.6 is 11.3 Å². The molecule has 0 aliphatic heterocycles. The quantitative estimate of drug-likeness (QED) is 0.651. The molecule has 0 atom stereocenters. The number of hydrogen-bond acceptors (Lipinski definition) is 2. The van der Waals surface area contributed by atoms with Gasteiger partial charge in [-0.05, 0) is 42.5 Å². The van der Waals surface area contributed by atoms with E-state index in [4.69, 9.17) is 4.74 Å². The minimum Gasteiger partial charge on any atom is -0.497 e. The lowest BCUT2D eigenvalue weighted by Gasteiger charge is -1.97. The second-order valence-electron chi connectivity index (χ2n) is 4.43. The van der Waals surface area contributed by atoms with E-state index in [1.807, 2.05) is 17.4 Å². The molecule has 0 spiro atoms. The number of methoxy groups -OCH3 is 1. The number of rotatable bonds is 6. The summed E-state index contributed by atoms with van der Waals surface area (Å²) in [6, 6.07) is 8.65. The standard InChI is InChI=1S/C15H20OS/c1-3-4-5-6-7-14-10-12-8-9-13(16-2)11-15(12)17-14/h8-11H,3-7H2,1-2H3. The van der Waals surface area contributed by atoms with E-state index in [0.29, 0.717) is 0 Å². The molecule has 0 unspecified atom stereocenters. The lowest BCUT2D eigenvalue weighted by atomic mass is 10.1. The molecule has 0 fully saturated rings. The predicted molar refractivity (Wildman–Crippen MR) is 76.2 cm³/mol. The third-order valence-electron chi connectivity index (χ3n) is 3.06. The summed E-state index contributed by atoms with van der Waals surface area (Å²) >= 11 is 1.90. The fourth-order valence-corrected chi connectivity index (χ4v) is 3.18. The van der Waals surface area contributed by atoms with Crippen molar-refractivity contribution in [3.8, 4) is 5.75 Å². The number of ether oxygens (including phenoxy) is 1. The zero-order valence-electron chi connectivity index (χ0n) is 10.7. The first-order valence-corrected chi connectivity index (χ1v) is 7.21. The Labute approximate surface area is 107 Å². The van der Waals surface area contributed by atoms with Crippen molar-refractivity contribution in [2.24, 2.45) is 0 Å². The molecule has 0 aliphatic carbocycles. The smallest absolute Gasteiger partial charge is 0.120 e. The topological polar surface area (TPSA) is 9.23 Å². The number of hydrogen-bond donors (Lipinski definition) is 0. The van der Waals surface area contributed by atoms with Gasteiger partial charge >= 0.3 is 0 Å². The van der Waals surface area contributed by atoms with Crippen molar-refractivity contribution in [1.29, 1.82) is 0 Å². The van der Waals surface area contributed by atoms with Gasteiger partial charge in [-0.1, -0.05) is 26.2 Å². The molecule has 1 heterocycles. The van der Waals surface area contributed by atoms with Gasteiger partial charge in [0.2, 0.25) is 0 Å². The molecule has 0 saturated carbocycles. The highest BCUT2D eigenvalue weighted by molar-refractivity contribution is 7.19. The number of thiophene rings is 1. The van der Waals surface area contributed by atoms with Gasteiger partial charge in [0, 0.05) is 9.58 Å². The van der Waals surface area contributed by atoms with Crippen molar-refractivity contribution in [3.05, 3.63) is 29.1 Å².